The highest BCUT2D eigenvalue weighted by Crippen LogP contribution is 2.34. The molecule has 1 aliphatic rings. The first-order valence-corrected chi connectivity index (χ1v) is 9.29. The Balaban J connectivity index is 1.81. The molecular weight excluding hydrogens is 354 g/mol. The molecule has 28 heavy (non-hydrogen) atoms. The average molecular weight is 373 g/mol. The topological polar surface area (TPSA) is 74.7 Å². The van der Waals surface area contributed by atoms with Crippen molar-refractivity contribution in [1.82, 2.24) is 0 Å². The second-order valence-electron chi connectivity index (χ2n) is 6.91. The van der Waals surface area contributed by atoms with Crippen LogP contribution in [0.2, 0.25) is 0 Å². The maximum Gasteiger partial charge on any atom is 0.336 e. The summed E-state index contributed by atoms with van der Waals surface area (Å²) >= 11 is 0. The lowest BCUT2D eigenvalue weighted by molar-refractivity contribution is 0.0697. The van der Waals surface area contributed by atoms with Crippen molar-refractivity contribution in [3.05, 3.63) is 76.9 Å². The lowest BCUT2D eigenvalue weighted by Gasteiger charge is -2.27. The van der Waals surface area contributed by atoms with Crippen LogP contribution in [0, 0.1) is 0 Å². The number of benzene rings is 3. The number of rotatable bonds is 5. The van der Waals surface area contributed by atoms with Crippen LogP contribution in [0.25, 0.3) is 10.8 Å². The van der Waals surface area contributed by atoms with Gasteiger partial charge in [0.05, 0.1) is 11.3 Å². The Bertz CT molecular complexity index is 1090. The number of hydrogen-bond donors (Lipinski definition) is 1. The molecule has 140 valence electrons. The third-order valence-electron chi connectivity index (χ3n) is 5.15. The van der Waals surface area contributed by atoms with Gasteiger partial charge in [0.1, 0.15) is 0 Å². The van der Waals surface area contributed by atoms with Gasteiger partial charge in [0.15, 0.2) is 0 Å². The summed E-state index contributed by atoms with van der Waals surface area (Å²) in [6, 6.07) is 15.3. The number of hydrogen-bond acceptors (Lipinski definition) is 3. The molecule has 0 bridgehead atoms. The molecule has 1 N–H and O–H groups in total. The van der Waals surface area contributed by atoms with Gasteiger partial charge < -0.3 is 5.11 Å². The third kappa shape index (κ3) is 2.76. The van der Waals surface area contributed by atoms with E-state index in [1.54, 1.807) is 30.3 Å². The molecule has 0 fully saturated rings. The number of nitrogens with zero attached hydrogens (tertiary/aromatic N) is 1. The SMILES string of the molecule is CCCCc1ccc(N2C(=O)c3cccc4c(C(=O)O)ccc(c34)C2=O)cc1. The summed E-state index contributed by atoms with van der Waals surface area (Å²) in [6.07, 6.45) is 3.14. The Morgan fingerprint density at radius 1 is 0.929 bits per heavy atom. The van der Waals surface area contributed by atoms with Gasteiger partial charge in [-0.2, -0.15) is 0 Å². The number of amides is 2. The standard InChI is InChI=1S/C23H19NO4/c1-2-3-5-14-8-10-15(11-9-14)24-21(25)18-7-4-6-16-17(23(27)28)12-13-19(20(16)18)22(24)26/h4,6-13H,2-3,5H2,1H3,(H,27,28). The number of anilines is 1. The molecular formula is C23H19NO4. The molecule has 0 aliphatic carbocycles. The van der Waals surface area contributed by atoms with Gasteiger partial charge in [0.25, 0.3) is 11.8 Å². The molecule has 0 spiro atoms. The van der Waals surface area contributed by atoms with E-state index in [1.165, 1.54) is 17.0 Å². The molecule has 0 atom stereocenters. The summed E-state index contributed by atoms with van der Waals surface area (Å²) in [7, 11) is 0. The van der Waals surface area contributed by atoms with Crippen molar-refractivity contribution in [2.75, 3.05) is 4.90 Å². The Labute approximate surface area is 162 Å². The lowest BCUT2D eigenvalue weighted by atomic mass is 9.91. The fraction of sp³-hybridized carbons (Fsp3) is 0.174. The first-order chi connectivity index (χ1) is 13.5. The Morgan fingerprint density at radius 2 is 1.61 bits per heavy atom. The Kier molecular flexibility index (Phi) is 4.43. The number of aromatic carboxylic acids is 1. The molecule has 3 aromatic rings. The lowest BCUT2D eigenvalue weighted by Crippen LogP contribution is -2.40. The zero-order chi connectivity index (χ0) is 19.8. The van der Waals surface area contributed by atoms with Gasteiger partial charge in [0, 0.05) is 16.5 Å². The van der Waals surface area contributed by atoms with Gasteiger partial charge in [-0.25, -0.2) is 9.69 Å². The van der Waals surface area contributed by atoms with E-state index >= 15 is 0 Å². The smallest absolute Gasteiger partial charge is 0.336 e. The number of imide groups is 1. The zero-order valence-electron chi connectivity index (χ0n) is 15.4. The van der Waals surface area contributed by atoms with Crippen LogP contribution < -0.4 is 4.90 Å². The molecule has 0 unspecified atom stereocenters. The molecule has 4 rings (SSSR count). The molecule has 5 nitrogen and oxygen atoms in total. The fourth-order valence-electron chi connectivity index (χ4n) is 3.71. The predicted octanol–water partition coefficient (Wildman–Crippen LogP) is 4.68. The largest absolute Gasteiger partial charge is 0.478 e. The average Bonchev–Trinajstić information content (AvgIpc) is 2.71. The van der Waals surface area contributed by atoms with Gasteiger partial charge >= 0.3 is 5.97 Å². The molecule has 2 amide bonds. The monoisotopic (exact) mass is 373 g/mol. The summed E-state index contributed by atoms with van der Waals surface area (Å²) in [6.45, 7) is 2.13. The predicted molar refractivity (Wildman–Crippen MR) is 107 cm³/mol. The van der Waals surface area contributed by atoms with Gasteiger partial charge in [-0.3, -0.25) is 9.59 Å². The third-order valence-corrected chi connectivity index (χ3v) is 5.15. The molecule has 0 aromatic heterocycles. The van der Waals surface area contributed by atoms with Gasteiger partial charge in [0.2, 0.25) is 0 Å². The summed E-state index contributed by atoms with van der Waals surface area (Å²) < 4.78 is 0. The number of unbranched alkanes of at least 4 members (excludes halogenated alkanes) is 1. The molecule has 0 saturated carbocycles. The summed E-state index contributed by atoms with van der Waals surface area (Å²) in [5, 5.41) is 10.2. The van der Waals surface area contributed by atoms with Crippen molar-refractivity contribution < 1.29 is 19.5 Å². The maximum atomic E-state index is 13.1. The summed E-state index contributed by atoms with van der Waals surface area (Å²) in [4.78, 5) is 38.9. The van der Waals surface area contributed by atoms with Gasteiger partial charge in [-0.05, 0) is 54.1 Å². The minimum absolute atomic E-state index is 0.0786. The highest BCUT2D eigenvalue weighted by atomic mass is 16.4. The number of aryl methyl sites for hydroxylation is 1. The minimum Gasteiger partial charge on any atom is -0.478 e. The van der Waals surface area contributed by atoms with E-state index < -0.39 is 17.8 Å². The number of carboxylic acid groups (broad SMARTS) is 1. The molecule has 3 aromatic carbocycles. The zero-order valence-corrected chi connectivity index (χ0v) is 15.4. The van der Waals surface area contributed by atoms with Crippen LogP contribution in [0.15, 0.2) is 54.6 Å². The second-order valence-corrected chi connectivity index (χ2v) is 6.91. The number of carboxylic acids is 1. The van der Waals surface area contributed by atoms with Crippen molar-refractivity contribution in [2.45, 2.75) is 26.2 Å². The van der Waals surface area contributed by atoms with E-state index in [4.69, 9.17) is 0 Å². The maximum absolute atomic E-state index is 13.1. The van der Waals surface area contributed by atoms with Crippen LogP contribution >= 0.6 is 0 Å². The van der Waals surface area contributed by atoms with Crippen molar-refractivity contribution in [3.8, 4) is 0 Å². The van der Waals surface area contributed by atoms with Crippen LogP contribution in [0.3, 0.4) is 0 Å². The normalized spacial score (nSPS) is 13.2. The quantitative estimate of drug-likeness (QED) is 0.659. The van der Waals surface area contributed by atoms with Gasteiger partial charge in [-0.1, -0.05) is 37.6 Å². The van der Waals surface area contributed by atoms with Crippen molar-refractivity contribution in [2.24, 2.45) is 0 Å². The van der Waals surface area contributed by atoms with Crippen LogP contribution in [-0.4, -0.2) is 22.9 Å². The van der Waals surface area contributed by atoms with E-state index in [0.717, 1.165) is 24.8 Å². The van der Waals surface area contributed by atoms with Crippen LogP contribution in [0.4, 0.5) is 5.69 Å². The fourth-order valence-corrected chi connectivity index (χ4v) is 3.71. The first kappa shape index (κ1) is 17.9. The van der Waals surface area contributed by atoms with Crippen molar-refractivity contribution >= 4 is 34.2 Å². The summed E-state index contributed by atoms with van der Waals surface area (Å²) in [5.41, 5.74) is 2.43. The Morgan fingerprint density at radius 3 is 2.25 bits per heavy atom. The van der Waals surface area contributed by atoms with E-state index in [0.29, 0.717) is 27.6 Å². The van der Waals surface area contributed by atoms with Crippen LogP contribution in [0.1, 0.15) is 56.4 Å². The highest BCUT2D eigenvalue weighted by molar-refractivity contribution is 6.36. The molecule has 0 radical (unpaired) electrons. The van der Waals surface area contributed by atoms with Crippen LogP contribution in [-0.2, 0) is 6.42 Å². The summed E-state index contributed by atoms with van der Waals surface area (Å²) in [5.74, 6) is -1.97. The first-order valence-electron chi connectivity index (χ1n) is 9.29. The number of carbonyl (C=O) groups is 3. The van der Waals surface area contributed by atoms with E-state index in [-0.39, 0.29) is 5.56 Å². The van der Waals surface area contributed by atoms with Crippen molar-refractivity contribution in [3.63, 3.8) is 0 Å². The van der Waals surface area contributed by atoms with Gasteiger partial charge in [-0.15, -0.1) is 0 Å². The van der Waals surface area contributed by atoms with Crippen molar-refractivity contribution in [1.29, 1.82) is 0 Å². The molecule has 0 saturated heterocycles. The Hall–Kier alpha value is -3.47. The molecule has 1 aliphatic heterocycles. The number of carbonyl (C=O) groups excluding carboxylic acids is 2. The molecule has 5 heteroatoms. The van der Waals surface area contributed by atoms with E-state index in [1.807, 2.05) is 12.1 Å². The van der Waals surface area contributed by atoms with E-state index in [2.05, 4.69) is 6.92 Å². The second kappa shape index (κ2) is 6.93. The van der Waals surface area contributed by atoms with Crippen LogP contribution in [0.5, 0.6) is 0 Å². The molecule has 1 heterocycles. The highest BCUT2D eigenvalue weighted by Gasteiger charge is 2.34. The minimum atomic E-state index is -1.09. The van der Waals surface area contributed by atoms with E-state index in [9.17, 15) is 19.5 Å².